The molecule has 1 fully saturated rings. The molecule has 1 heterocycles. The molecule has 1 saturated heterocycles. The molecule has 0 saturated carbocycles. The number of nitrogens with one attached hydrogen (secondary N) is 2. The van der Waals surface area contributed by atoms with Crippen LogP contribution in [0, 0.1) is 6.92 Å². The maximum atomic E-state index is 12.4. The van der Waals surface area contributed by atoms with E-state index in [-0.39, 0.29) is 0 Å². The van der Waals surface area contributed by atoms with E-state index in [4.69, 9.17) is 4.74 Å². The number of carbonyl (C=O) groups excluding carboxylic acids is 3. The van der Waals surface area contributed by atoms with E-state index in [2.05, 4.69) is 10.7 Å². The normalized spacial score (nSPS) is 21.4. The van der Waals surface area contributed by atoms with E-state index in [1.54, 1.807) is 26.8 Å². The highest BCUT2D eigenvalue weighted by atomic mass is 16.5. The molecule has 0 aliphatic carbocycles. The number of ether oxygens (including phenoxy) is 1. The Labute approximate surface area is 141 Å². The number of amides is 4. The predicted octanol–water partition coefficient (Wildman–Crippen LogP) is 1.90. The van der Waals surface area contributed by atoms with E-state index in [1.165, 1.54) is 0 Å². The third kappa shape index (κ3) is 3.50. The highest BCUT2D eigenvalue weighted by molar-refractivity contribution is 6.07. The first-order valence-electron chi connectivity index (χ1n) is 8.01. The number of aryl methyl sites for hydroxylation is 1. The van der Waals surface area contributed by atoms with E-state index in [0.29, 0.717) is 18.6 Å². The first kappa shape index (κ1) is 17.8. The van der Waals surface area contributed by atoms with E-state index in [9.17, 15) is 14.4 Å². The van der Waals surface area contributed by atoms with Crippen molar-refractivity contribution in [2.45, 2.75) is 52.2 Å². The van der Waals surface area contributed by atoms with Gasteiger partial charge in [-0.1, -0.05) is 26.0 Å². The Kier molecular flexibility index (Phi) is 5.11. The van der Waals surface area contributed by atoms with Crippen molar-refractivity contribution in [3.05, 3.63) is 29.8 Å². The van der Waals surface area contributed by atoms with Crippen LogP contribution < -0.4 is 15.5 Å². The summed E-state index contributed by atoms with van der Waals surface area (Å²) in [4.78, 5) is 36.7. The molecule has 0 spiro atoms. The van der Waals surface area contributed by atoms with Crippen molar-refractivity contribution in [2.75, 3.05) is 0 Å². The summed E-state index contributed by atoms with van der Waals surface area (Å²) in [5, 5.41) is 3.31. The Balaban J connectivity index is 2.07. The first-order valence-corrected chi connectivity index (χ1v) is 8.01. The lowest BCUT2D eigenvalue weighted by Gasteiger charge is -2.22. The zero-order valence-corrected chi connectivity index (χ0v) is 14.4. The van der Waals surface area contributed by atoms with Crippen molar-refractivity contribution in [3.63, 3.8) is 0 Å². The van der Waals surface area contributed by atoms with Crippen molar-refractivity contribution < 1.29 is 19.1 Å². The highest BCUT2D eigenvalue weighted by Gasteiger charge is 2.47. The van der Waals surface area contributed by atoms with Crippen LogP contribution in [-0.4, -0.2) is 34.5 Å². The third-order valence-electron chi connectivity index (χ3n) is 4.12. The Hall–Kier alpha value is -2.57. The van der Waals surface area contributed by atoms with Gasteiger partial charge in [0.15, 0.2) is 6.10 Å². The summed E-state index contributed by atoms with van der Waals surface area (Å²) < 4.78 is 5.68. The maximum Gasteiger partial charge on any atom is 0.344 e. The molecule has 0 aromatic heterocycles. The van der Waals surface area contributed by atoms with Gasteiger partial charge >= 0.3 is 6.03 Å². The lowest BCUT2D eigenvalue weighted by Crippen LogP contribution is -2.52. The van der Waals surface area contributed by atoms with Crippen molar-refractivity contribution in [2.24, 2.45) is 0 Å². The number of imide groups is 1. The SMILES string of the molecule is CCC(Oc1cccc(C)c1)C(=O)NN1C(=O)NC(C)(CC)C1=O. The zero-order chi connectivity index (χ0) is 17.9. The van der Waals surface area contributed by atoms with Gasteiger partial charge in [0.25, 0.3) is 11.8 Å². The molecule has 7 heteroatoms. The smallest absolute Gasteiger partial charge is 0.344 e. The van der Waals surface area contributed by atoms with Crippen LogP contribution in [0.4, 0.5) is 4.79 Å². The summed E-state index contributed by atoms with van der Waals surface area (Å²) in [5.74, 6) is -0.454. The van der Waals surface area contributed by atoms with Gasteiger partial charge in [-0.3, -0.25) is 15.0 Å². The fourth-order valence-corrected chi connectivity index (χ4v) is 2.38. The van der Waals surface area contributed by atoms with E-state index in [0.717, 1.165) is 10.6 Å². The maximum absolute atomic E-state index is 12.4. The van der Waals surface area contributed by atoms with Gasteiger partial charge in [-0.15, -0.1) is 0 Å². The second-order valence-corrected chi connectivity index (χ2v) is 6.06. The average Bonchev–Trinajstić information content (AvgIpc) is 2.76. The number of hydrogen-bond acceptors (Lipinski definition) is 4. The van der Waals surface area contributed by atoms with E-state index in [1.807, 2.05) is 25.1 Å². The van der Waals surface area contributed by atoms with Crippen LogP contribution >= 0.6 is 0 Å². The number of rotatable bonds is 6. The summed E-state index contributed by atoms with van der Waals surface area (Å²) in [6.45, 7) is 7.13. The molecule has 130 valence electrons. The van der Waals surface area contributed by atoms with Crippen LogP contribution in [0.1, 0.15) is 39.2 Å². The summed E-state index contributed by atoms with van der Waals surface area (Å²) in [6, 6.07) is 6.69. The molecule has 2 N–H and O–H groups in total. The van der Waals surface area contributed by atoms with Crippen LogP contribution in [-0.2, 0) is 9.59 Å². The van der Waals surface area contributed by atoms with Crippen molar-refractivity contribution in [1.29, 1.82) is 0 Å². The molecule has 24 heavy (non-hydrogen) atoms. The van der Waals surface area contributed by atoms with Crippen molar-refractivity contribution in [3.8, 4) is 5.75 Å². The number of nitrogens with zero attached hydrogens (tertiary/aromatic N) is 1. The summed E-state index contributed by atoms with van der Waals surface area (Å²) in [6.07, 6.45) is 0.0240. The average molecular weight is 333 g/mol. The Morgan fingerprint density at radius 2 is 2.08 bits per heavy atom. The number of hydrogen-bond donors (Lipinski definition) is 2. The quantitative estimate of drug-likeness (QED) is 0.778. The van der Waals surface area contributed by atoms with E-state index >= 15 is 0 Å². The first-order chi connectivity index (χ1) is 11.3. The summed E-state index contributed by atoms with van der Waals surface area (Å²) in [5.41, 5.74) is 2.37. The van der Waals surface area contributed by atoms with Gasteiger partial charge in [-0.2, -0.15) is 5.01 Å². The van der Waals surface area contributed by atoms with Crippen LogP contribution in [0.5, 0.6) is 5.75 Å². The molecular formula is C17H23N3O4. The van der Waals surface area contributed by atoms with Crippen LogP contribution in [0.25, 0.3) is 0 Å². The fourth-order valence-electron chi connectivity index (χ4n) is 2.38. The lowest BCUT2D eigenvalue weighted by atomic mass is 10.00. The minimum Gasteiger partial charge on any atom is -0.481 e. The molecule has 1 aliphatic rings. The topological polar surface area (TPSA) is 87.7 Å². The van der Waals surface area contributed by atoms with E-state index < -0.39 is 29.5 Å². The number of benzene rings is 1. The number of urea groups is 1. The number of hydrazine groups is 1. The predicted molar refractivity (Wildman–Crippen MR) is 88.1 cm³/mol. The lowest BCUT2D eigenvalue weighted by molar-refractivity contribution is -0.141. The molecule has 2 rings (SSSR count). The molecule has 0 radical (unpaired) electrons. The highest BCUT2D eigenvalue weighted by Crippen LogP contribution is 2.20. The summed E-state index contributed by atoms with van der Waals surface area (Å²) in [7, 11) is 0. The molecule has 1 aromatic rings. The standard InChI is InChI=1S/C17H23N3O4/c1-5-13(24-12-9-7-8-11(3)10-12)14(21)19-20-15(22)17(4,6-2)18-16(20)23/h7-10,13H,5-6H2,1-4H3,(H,18,23)(H,19,21). The van der Waals surface area contributed by atoms with Gasteiger partial charge in [-0.25, -0.2) is 4.79 Å². The van der Waals surface area contributed by atoms with Crippen LogP contribution in [0.3, 0.4) is 0 Å². The van der Waals surface area contributed by atoms with Gasteiger partial charge in [0, 0.05) is 0 Å². The van der Waals surface area contributed by atoms with Gasteiger partial charge in [0.2, 0.25) is 0 Å². The zero-order valence-electron chi connectivity index (χ0n) is 14.4. The molecule has 4 amide bonds. The second kappa shape index (κ2) is 6.90. The molecular weight excluding hydrogens is 310 g/mol. The largest absolute Gasteiger partial charge is 0.481 e. The Morgan fingerprint density at radius 3 is 2.62 bits per heavy atom. The van der Waals surface area contributed by atoms with Gasteiger partial charge in [-0.05, 0) is 44.4 Å². The molecule has 2 atom stereocenters. The minimum absolute atomic E-state index is 0.397. The minimum atomic E-state index is -0.997. The fraction of sp³-hybridized carbons (Fsp3) is 0.471. The number of carbonyl (C=O) groups is 3. The molecule has 1 aromatic carbocycles. The third-order valence-corrected chi connectivity index (χ3v) is 4.12. The van der Waals surface area contributed by atoms with Crippen molar-refractivity contribution in [1.82, 2.24) is 15.8 Å². The van der Waals surface area contributed by atoms with Gasteiger partial charge in [0.1, 0.15) is 11.3 Å². The second-order valence-electron chi connectivity index (χ2n) is 6.06. The molecule has 2 unspecified atom stereocenters. The molecule has 0 bridgehead atoms. The van der Waals surface area contributed by atoms with Crippen LogP contribution in [0.2, 0.25) is 0 Å². The Morgan fingerprint density at radius 1 is 1.38 bits per heavy atom. The summed E-state index contributed by atoms with van der Waals surface area (Å²) >= 11 is 0. The molecule has 7 nitrogen and oxygen atoms in total. The molecule has 1 aliphatic heterocycles. The van der Waals surface area contributed by atoms with Gasteiger partial charge < -0.3 is 10.1 Å². The van der Waals surface area contributed by atoms with Gasteiger partial charge in [0.05, 0.1) is 0 Å². The van der Waals surface area contributed by atoms with Crippen molar-refractivity contribution >= 4 is 17.8 Å². The monoisotopic (exact) mass is 333 g/mol. The Bertz CT molecular complexity index is 661. The van der Waals surface area contributed by atoms with Crippen LogP contribution in [0.15, 0.2) is 24.3 Å².